The first-order valence-electron chi connectivity index (χ1n) is 9.39. The number of benzene rings is 2. The third-order valence-corrected chi connectivity index (χ3v) is 5.50. The Hall–Kier alpha value is -2.19. The lowest BCUT2D eigenvalue weighted by molar-refractivity contribution is -0.274. The van der Waals surface area contributed by atoms with Gasteiger partial charge in [0.2, 0.25) is 0 Å². The van der Waals surface area contributed by atoms with Gasteiger partial charge in [0.05, 0.1) is 11.2 Å². The van der Waals surface area contributed by atoms with Gasteiger partial charge in [-0.05, 0) is 68.6 Å². The molecule has 1 unspecified atom stereocenters. The maximum absolute atomic E-state index is 12.2. The Balaban J connectivity index is 1.67. The molecule has 1 saturated heterocycles. The molecule has 156 valence electrons. The number of halogens is 3. The lowest BCUT2D eigenvalue weighted by Crippen LogP contribution is -2.48. The van der Waals surface area contributed by atoms with Gasteiger partial charge in [0.25, 0.3) is 0 Å². The third kappa shape index (κ3) is 4.70. The fourth-order valence-corrected chi connectivity index (χ4v) is 3.28. The summed E-state index contributed by atoms with van der Waals surface area (Å²) in [6, 6.07) is 12.5. The van der Waals surface area contributed by atoms with Crippen molar-refractivity contribution in [2.75, 3.05) is 0 Å². The maximum atomic E-state index is 12.2. The Labute approximate surface area is 169 Å². The van der Waals surface area contributed by atoms with E-state index in [1.54, 1.807) is 12.1 Å². The molecule has 29 heavy (non-hydrogen) atoms. The second-order valence-electron chi connectivity index (χ2n) is 8.03. The van der Waals surface area contributed by atoms with Gasteiger partial charge in [-0.3, -0.25) is 0 Å². The van der Waals surface area contributed by atoms with E-state index in [9.17, 15) is 13.2 Å². The largest absolute Gasteiger partial charge is 0.573 e. The highest BCUT2D eigenvalue weighted by Crippen LogP contribution is 2.42. The molecule has 1 aliphatic rings. The van der Waals surface area contributed by atoms with Crippen molar-refractivity contribution in [1.82, 2.24) is 0 Å². The van der Waals surface area contributed by atoms with Crippen LogP contribution in [0.3, 0.4) is 0 Å². The number of alkyl halides is 3. The van der Waals surface area contributed by atoms with E-state index in [4.69, 9.17) is 14.0 Å². The molecule has 1 heterocycles. The lowest BCUT2D eigenvalue weighted by atomic mass is 9.78. The number of hydrogen-bond donors (Lipinski definition) is 0. The number of rotatable bonds is 5. The van der Waals surface area contributed by atoms with E-state index in [-0.39, 0.29) is 11.7 Å². The van der Waals surface area contributed by atoms with Crippen molar-refractivity contribution in [3.05, 3.63) is 48.5 Å². The molecule has 1 aliphatic heterocycles. The molecule has 2 aromatic carbocycles. The highest BCUT2D eigenvalue weighted by molar-refractivity contribution is 6.62. The van der Waals surface area contributed by atoms with E-state index in [1.807, 2.05) is 26.0 Å². The van der Waals surface area contributed by atoms with Gasteiger partial charge in [0.1, 0.15) is 17.2 Å². The number of ether oxygens (including phenoxy) is 2. The van der Waals surface area contributed by atoms with E-state index in [0.717, 1.165) is 5.46 Å². The first kappa shape index (κ1) is 21.5. The van der Waals surface area contributed by atoms with Crippen molar-refractivity contribution in [2.45, 2.75) is 52.2 Å². The summed E-state index contributed by atoms with van der Waals surface area (Å²) in [5.41, 5.74) is -0.00220. The Morgan fingerprint density at radius 2 is 1.31 bits per heavy atom. The quantitative estimate of drug-likeness (QED) is 0.629. The molecule has 0 radical (unpaired) electrons. The molecule has 0 spiro atoms. The molecule has 0 aromatic heterocycles. The predicted octanol–water partition coefficient (Wildman–Crippen LogP) is 5.31. The van der Waals surface area contributed by atoms with Crippen molar-refractivity contribution in [2.24, 2.45) is 5.92 Å². The summed E-state index contributed by atoms with van der Waals surface area (Å²) in [6.45, 7) is 10.3. The summed E-state index contributed by atoms with van der Waals surface area (Å²) in [4.78, 5) is 0. The van der Waals surface area contributed by atoms with Crippen LogP contribution >= 0.6 is 0 Å². The van der Waals surface area contributed by atoms with Gasteiger partial charge < -0.3 is 18.8 Å². The molecule has 4 nitrogen and oxygen atoms in total. The summed E-state index contributed by atoms with van der Waals surface area (Å²) in [6.07, 6.45) is -4.72. The minimum Gasteiger partial charge on any atom is -0.457 e. The second-order valence-corrected chi connectivity index (χ2v) is 8.03. The van der Waals surface area contributed by atoms with E-state index < -0.39 is 24.7 Å². The van der Waals surface area contributed by atoms with Gasteiger partial charge in [0.15, 0.2) is 0 Å². The van der Waals surface area contributed by atoms with Crippen LogP contribution in [0.4, 0.5) is 13.2 Å². The van der Waals surface area contributed by atoms with E-state index in [0.29, 0.717) is 11.5 Å². The molecule has 0 bridgehead atoms. The summed E-state index contributed by atoms with van der Waals surface area (Å²) in [7, 11) is -0.481. The third-order valence-electron chi connectivity index (χ3n) is 5.50. The van der Waals surface area contributed by atoms with Gasteiger partial charge >= 0.3 is 13.5 Å². The molecule has 8 heteroatoms. The van der Waals surface area contributed by atoms with Crippen LogP contribution in [0.15, 0.2) is 48.5 Å². The van der Waals surface area contributed by atoms with E-state index in [2.05, 4.69) is 25.5 Å². The highest BCUT2D eigenvalue weighted by atomic mass is 19.4. The van der Waals surface area contributed by atoms with Crippen molar-refractivity contribution in [3.8, 4) is 17.2 Å². The average Bonchev–Trinajstić information content (AvgIpc) is 2.87. The van der Waals surface area contributed by atoms with Crippen LogP contribution in [-0.4, -0.2) is 24.7 Å². The van der Waals surface area contributed by atoms with Crippen molar-refractivity contribution >= 4 is 12.6 Å². The Kier molecular flexibility index (Phi) is 5.62. The smallest absolute Gasteiger partial charge is 0.457 e. The summed E-state index contributed by atoms with van der Waals surface area (Å²) in [5.74, 6) is 0.914. The Bertz CT molecular complexity index is 834. The zero-order valence-corrected chi connectivity index (χ0v) is 17.0. The fourth-order valence-electron chi connectivity index (χ4n) is 3.28. The second kappa shape index (κ2) is 7.57. The van der Waals surface area contributed by atoms with Crippen LogP contribution in [0.5, 0.6) is 17.2 Å². The van der Waals surface area contributed by atoms with Crippen molar-refractivity contribution in [1.29, 1.82) is 0 Å². The molecule has 0 amide bonds. The van der Waals surface area contributed by atoms with Crippen molar-refractivity contribution in [3.63, 3.8) is 0 Å². The average molecular weight is 408 g/mol. The zero-order chi connectivity index (χ0) is 21.4. The summed E-state index contributed by atoms with van der Waals surface area (Å²) >= 11 is 0. The monoisotopic (exact) mass is 408 g/mol. The van der Waals surface area contributed by atoms with Gasteiger partial charge in [0, 0.05) is 0 Å². The molecule has 1 fully saturated rings. The standard InChI is InChI=1S/C21H24BF3O4/c1-14(2)20(5)19(3,4)28-22(29-20)15-6-8-16(9-7-15)26-17-10-12-18(13-11-17)27-21(23,24)25/h6-14H,1-5H3. The van der Waals surface area contributed by atoms with Crippen molar-refractivity contribution < 1.29 is 32.0 Å². The molecule has 3 rings (SSSR count). The minimum atomic E-state index is -4.72. The molecular formula is C21H24BF3O4. The van der Waals surface area contributed by atoms with E-state index in [1.165, 1.54) is 24.3 Å². The Morgan fingerprint density at radius 1 is 0.828 bits per heavy atom. The molecular weight excluding hydrogens is 384 g/mol. The highest BCUT2D eigenvalue weighted by Gasteiger charge is 2.55. The fraction of sp³-hybridized carbons (Fsp3) is 0.429. The topological polar surface area (TPSA) is 36.9 Å². The normalized spacial score (nSPS) is 21.5. The molecule has 0 saturated carbocycles. The van der Waals surface area contributed by atoms with Crippen LogP contribution in [0, 0.1) is 5.92 Å². The Morgan fingerprint density at radius 3 is 1.76 bits per heavy atom. The molecule has 1 atom stereocenters. The molecule has 0 aliphatic carbocycles. The van der Waals surface area contributed by atoms with Crippen LogP contribution < -0.4 is 14.9 Å². The first-order chi connectivity index (χ1) is 13.4. The minimum absolute atomic E-state index is 0.273. The molecule has 2 aromatic rings. The van der Waals surface area contributed by atoms with Crippen LogP contribution in [-0.2, 0) is 9.31 Å². The van der Waals surface area contributed by atoms with Gasteiger partial charge in [-0.25, -0.2) is 0 Å². The predicted molar refractivity (Wildman–Crippen MR) is 105 cm³/mol. The summed E-state index contributed by atoms with van der Waals surface area (Å²) in [5, 5.41) is 0. The lowest BCUT2D eigenvalue weighted by Gasteiger charge is -2.39. The summed E-state index contributed by atoms with van der Waals surface area (Å²) < 4.78 is 58.6. The first-order valence-corrected chi connectivity index (χ1v) is 9.39. The SMILES string of the molecule is CC(C)C1(C)OB(c2ccc(Oc3ccc(OC(F)(F)F)cc3)cc2)OC1(C)C. The van der Waals surface area contributed by atoms with Gasteiger partial charge in [-0.15, -0.1) is 13.2 Å². The number of hydrogen-bond acceptors (Lipinski definition) is 4. The van der Waals surface area contributed by atoms with Crippen LogP contribution in [0.1, 0.15) is 34.6 Å². The maximum Gasteiger partial charge on any atom is 0.573 e. The van der Waals surface area contributed by atoms with Gasteiger partial charge in [-0.2, -0.15) is 0 Å². The zero-order valence-electron chi connectivity index (χ0n) is 17.0. The van der Waals surface area contributed by atoms with Gasteiger partial charge in [-0.1, -0.05) is 26.0 Å². The molecule has 0 N–H and O–H groups in total. The van der Waals surface area contributed by atoms with Crippen LogP contribution in [0.25, 0.3) is 0 Å². The van der Waals surface area contributed by atoms with E-state index >= 15 is 0 Å². The van der Waals surface area contributed by atoms with Crippen LogP contribution in [0.2, 0.25) is 0 Å².